The molecule has 5 aromatic rings. The molecule has 0 saturated heterocycles. The molecule has 0 atom stereocenters. The number of rotatable bonds is 8. The van der Waals surface area contributed by atoms with Gasteiger partial charge in [0.15, 0.2) is 77.7 Å². The van der Waals surface area contributed by atoms with Gasteiger partial charge < -0.3 is 33.7 Å². The molecule has 102 heavy (non-hydrogen) atoms. The van der Waals surface area contributed by atoms with E-state index in [-0.39, 0.29) is 93.9 Å². The first-order chi connectivity index (χ1) is 43.9. The van der Waals surface area contributed by atoms with Crippen LogP contribution in [0.25, 0.3) is 14.2 Å². The number of pyridine rings is 5. The maximum atomic E-state index is 13.3. The molecule has 0 spiro atoms. The molecule has 17 nitrogen and oxygen atoms in total. The SMILES string of the molecule is CCN.CS(=O)(=O)[N-]c1c(F)c(F)nc(C(F)(F)F)c1F.Cc1nc(F)c(F)c(F)c1F.O=S(=O)(Cc1c(F)c(F)nc(C(F)(F)F)c1F)C(F)(F)F.O=S(=O)([N-]c1c(F)c(F)nc(C(F)(F)F)c1F)C(F)(F)F.O=S(=O)([N-]c1c(F)c(F)nc(C(F)(F)F)c1F)C(F)(F)F.[CH2-]C.[CH2-]C.[K+].[Mg+2].[Zn+2]. The van der Waals surface area contributed by atoms with Crippen molar-refractivity contribution in [2.75, 3.05) is 12.8 Å². The second-order valence-corrected chi connectivity index (χ2v) is 22.2. The monoisotopic (exact) mass is 1730 g/mol. The van der Waals surface area contributed by atoms with Gasteiger partial charge in [-0.25, -0.2) is 102 Å². The molecule has 0 radical (unpaired) electrons. The molecule has 5 heterocycles. The van der Waals surface area contributed by atoms with E-state index in [1.54, 1.807) is 13.8 Å². The third-order valence-electron chi connectivity index (χ3n) is 8.35. The molecule has 0 fully saturated rings. The molecule has 2 N–H and O–H groups in total. The Kier molecular flexibility index (Phi) is 43.4. The van der Waals surface area contributed by atoms with Crippen LogP contribution in [0.15, 0.2) is 0 Å². The minimum absolute atomic E-state index is 0. The average molecular weight is 1730 g/mol. The van der Waals surface area contributed by atoms with Gasteiger partial charge in [-0.1, -0.05) is 6.92 Å². The van der Waals surface area contributed by atoms with Crippen LogP contribution in [0.3, 0.4) is 0 Å². The number of alkyl halides is 21. The first kappa shape index (κ1) is 108. The summed E-state index contributed by atoms with van der Waals surface area (Å²) < 4.78 is 549. The van der Waals surface area contributed by atoms with Crippen LogP contribution in [0.2, 0.25) is 0 Å². The Morgan fingerprint density at radius 3 is 0.814 bits per heavy atom. The van der Waals surface area contributed by atoms with Gasteiger partial charge in [0.05, 0.1) is 21.5 Å². The molecule has 0 saturated carbocycles. The van der Waals surface area contributed by atoms with Gasteiger partial charge in [-0.3, -0.25) is 0 Å². The van der Waals surface area contributed by atoms with Crippen molar-refractivity contribution >= 4 is 80.0 Å². The molecule has 5 rings (SSSR count). The summed E-state index contributed by atoms with van der Waals surface area (Å²) in [5, 5.41) is 0. The molecular formula is C41H25F37KMgN9O8S4Zn. The van der Waals surface area contributed by atoms with E-state index in [2.05, 4.69) is 23.6 Å². The summed E-state index contributed by atoms with van der Waals surface area (Å²) in [5.74, 6) is -40.6. The Balaban J connectivity index is -0.000000277. The number of sulfonamides is 3. The molecular weight excluding hydrogens is 1710 g/mol. The van der Waals surface area contributed by atoms with Crippen LogP contribution >= 0.6 is 0 Å². The topological polar surface area (TPSA) is 269 Å². The van der Waals surface area contributed by atoms with Gasteiger partial charge in [0.2, 0.25) is 35.4 Å². The molecule has 5 aromatic heterocycles. The fraction of sp³-hybridized carbons (Fsp3) is 0.341. The van der Waals surface area contributed by atoms with Crippen molar-refractivity contribution < 1.29 is 267 Å². The molecule has 61 heteroatoms. The Morgan fingerprint density at radius 2 is 0.588 bits per heavy atom. The summed E-state index contributed by atoms with van der Waals surface area (Å²) in [6.07, 6.45) is -22.1. The number of sulfone groups is 1. The zero-order valence-electron chi connectivity index (χ0n) is 49.3. The van der Waals surface area contributed by atoms with Crippen LogP contribution in [-0.4, -0.2) is 111 Å². The van der Waals surface area contributed by atoms with Crippen molar-refractivity contribution in [3.8, 4) is 0 Å². The number of nitrogens with two attached hydrogens (primary N) is 1. The van der Waals surface area contributed by atoms with E-state index in [1.165, 1.54) is 9.44 Å². The van der Waals surface area contributed by atoms with Crippen LogP contribution in [0.4, 0.5) is 180 Å². The number of nitrogens with zero attached hydrogens (tertiary/aromatic N) is 8. The van der Waals surface area contributed by atoms with Crippen LogP contribution in [0.1, 0.15) is 54.8 Å². The van der Waals surface area contributed by atoms with Crippen LogP contribution in [-0.2, 0) is 89.8 Å². The summed E-state index contributed by atoms with van der Waals surface area (Å²) in [4.78, 5) is 10.3. The van der Waals surface area contributed by atoms with E-state index in [0.29, 0.717) is 6.26 Å². The first-order valence-electron chi connectivity index (χ1n) is 22.5. The van der Waals surface area contributed by atoms with Crippen molar-refractivity contribution in [2.45, 2.75) is 74.7 Å². The van der Waals surface area contributed by atoms with Crippen molar-refractivity contribution in [3.05, 3.63) is 156 Å². The van der Waals surface area contributed by atoms with E-state index in [1.807, 2.05) is 26.9 Å². The summed E-state index contributed by atoms with van der Waals surface area (Å²) in [7, 11) is -23.8. The van der Waals surface area contributed by atoms with Gasteiger partial charge in [0.25, 0.3) is 15.8 Å². The van der Waals surface area contributed by atoms with Crippen molar-refractivity contribution in [3.63, 3.8) is 0 Å². The van der Waals surface area contributed by atoms with Gasteiger partial charge in [-0.15, -0.1) is 0 Å². The van der Waals surface area contributed by atoms with Gasteiger partial charge >= 0.3 is 135 Å². The van der Waals surface area contributed by atoms with Gasteiger partial charge in [-0.05, 0) is 30.5 Å². The van der Waals surface area contributed by atoms with Crippen molar-refractivity contribution in [1.82, 2.24) is 24.9 Å². The minimum Gasteiger partial charge on any atom is -0.572 e. The average Bonchev–Trinajstić information content (AvgIpc) is 0.789. The third-order valence-corrected chi connectivity index (χ3v) is 12.3. The smallest absolute Gasteiger partial charge is 0.572 e. The molecule has 0 aliphatic heterocycles. The normalized spacial score (nSPS) is 11.9. The largest absolute Gasteiger partial charge is 2.00 e. The third kappa shape index (κ3) is 30.7. The predicted molar refractivity (Wildman–Crippen MR) is 260 cm³/mol. The quantitative estimate of drug-likeness (QED) is 0.0655. The van der Waals surface area contributed by atoms with Gasteiger partial charge in [-0.2, -0.15) is 132 Å². The number of aryl methyl sites for hydroxylation is 1. The molecule has 0 aromatic carbocycles. The van der Waals surface area contributed by atoms with Crippen LogP contribution in [0.5, 0.6) is 0 Å². The number of hydrogen-bond acceptors (Lipinski definition) is 14. The number of hydrogen-bond donors (Lipinski definition) is 1. The summed E-state index contributed by atoms with van der Waals surface area (Å²) in [6, 6.07) is 0. The van der Waals surface area contributed by atoms with E-state index < -0.39 is 232 Å². The van der Waals surface area contributed by atoms with Crippen LogP contribution in [0, 0.1) is 114 Å². The van der Waals surface area contributed by atoms with Crippen molar-refractivity contribution in [1.29, 1.82) is 0 Å². The Labute approximate surface area is 616 Å². The molecule has 0 bridgehead atoms. The summed E-state index contributed by atoms with van der Waals surface area (Å²) in [6.45, 7) is 13.7. The number of aromatic nitrogens is 5. The molecule has 0 amide bonds. The summed E-state index contributed by atoms with van der Waals surface area (Å²) >= 11 is 0. The zero-order valence-corrected chi connectivity index (χ0v) is 60.1. The Morgan fingerprint density at radius 1 is 0.363 bits per heavy atom. The zero-order chi connectivity index (χ0) is 80.0. The van der Waals surface area contributed by atoms with E-state index in [9.17, 15) is 196 Å². The molecule has 570 valence electrons. The Hall–Kier alpha value is -4.65. The van der Waals surface area contributed by atoms with Crippen LogP contribution < -0.4 is 57.1 Å². The standard InChI is InChI=1S/C8H2F9NO2S.2C7F9N2O2S.C7H3F6N2O2S.C6H3F4N.C2H7N.2C2H5.K.Mg.Zn/c9-3-2(1-21(19,20)8(15,16)17)4(10)6(11)18-5(3)7(12,13)14;2*8-1-3(18-21(19,20)7(14,15)16)2(9)5(10)17-4(1)6(11,12)13;1-18(16,17)15-4-2(8)5(7(11,12)13)14-6(10)3(4)9;1-2-3(7)4(8)5(9)6(10)11-2;1-2-3;2*1-2;;;/h1H2;;;1H3;1H3;2-3H2,1H3;2*1H2,2H3;;;/q;3*-1;;;2*-1;+1;2*+2. The van der Waals surface area contributed by atoms with E-state index >= 15 is 0 Å². The second-order valence-electron chi connectivity index (χ2n) is 15.4. The minimum atomic E-state index is -6.59. The molecule has 0 aliphatic carbocycles. The Bertz CT molecular complexity index is 3810. The first-order valence-corrected chi connectivity index (χ1v) is 28.9. The maximum absolute atomic E-state index is 13.3. The fourth-order valence-electron chi connectivity index (χ4n) is 4.56. The maximum Gasteiger partial charge on any atom is 2.00 e. The van der Waals surface area contributed by atoms with Crippen molar-refractivity contribution in [2.24, 2.45) is 5.73 Å². The predicted octanol–water partition coefficient (Wildman–Crippen LogP) is 12.4. The van der Waals surface area contributed by atoms with Gasteiger partial charge in [0, 0.05) is 11.8 Å². The second kappa shape index (κ2) is 40.9. The summed E-state index contributed by atoms with van der Waals surface area (Å²) in [5.41, 5.74) is -33.8. The van der Waals surface area contributed by atoms with E-state index in [4.69, 9.17) is 5.73 Å². The van der Waals surface area contributed by atoms with Gasteiger partial charge in [0.1, 0.15) is 17.5 Å². The van der Waals surface area contributed by atoms with E-state index in [0.717, 1.165) is 13.5 Å². The number of halogens is 37. The molecule has 0 aliphatic rings. The molecule has 0 unspecified atom stereocenters. The fourth-order valence-corrected chi connectivity index (χ4v) is 6.86.